The SMILES string of the molecule is CCC(c1nc2ccccc2c(=O)n1-c1ccccc1OC)N(CCC(C)C)C(=O)C1CCCC1. The number of hydrogen-bond acceptors (Lipinski definition) is 4. The van der Waals surface area contributed by atoms with Gasteiger partial charge in [0.25, 0.3) is 5.56 Å². The maximum Gasteiger partial charge on any atom is 0.266 e. The summed E-state index contributed by atoms with van der Waals surface area (Å²) in [5.41, 5.74) is 1.14. The molecular formula is C29H37N3O3. The van der Waals surface area contributed by atoms with Gasteiger partial charge >= 0.3 is 0 Å². The molecule has 3 aromatic rings. The number of aromatic nitrogens is 2. The van der Waals surface area contributed by atoms with E-state index in [-0.39, 0.29) is 23.4 Å². The van der Waals surface area contributed by atoms with Crippen LogP contribution in [0.25, 0.3) is 16.6 Å². The summed E-state index contributed by atoms with van der Waals surface area (Å²) >= 11 is 0. The van der Waals surface area contributed by atoms with Crippen LogP contribution in [0, 0.1) is 11.8 Å². The number of benzene rings is 2. The van der Waals surface area contributed by atoms with Crippen LogP contribution in [0.4, 0.5) is 0 Å². The van der Waals surface area contributed by atoms with Crippen molar-refractivity contribution in [1.29, 1.82) is 0 Å². The van der Waals surface area contributed by atoms with E-state index in [2.05, 4.69) is 20.8 Å². The van der Waals surface area contributed by atoms with Crippen LogP contribution in [0.2, 0.25) is 0 Å². The minimum atomic E-state index is -0.316. The van der Waals surface area contributed by atoms with E-state index in [0.29, 0.717) is 47.0 Å². The van der Waals surface area contributed by atoms with Gasteiger partial charge in [0.1, 0.15) is 11.6 Å². The van der Waals surface area contributed by atoms with Gasteiger partial charge in [-0.15, -0.1) is 0 Å². The lowest BCUT2D eigenvalue weighted by atomic mass is 10.0. The topological polar surface area (TPSA) is 64.4 Å². The minimum absolute atomic E-state index is 0.0584. The highest BCUT2D eigenvalue weighted by Gasteiger charge is 2.34. The molecule has 0 saturated heterocycles. The number of nitrogens with zero attached hydrogens (tertiary/aromatic N) is 3. The lowest BCUT2D eigenvalue weighted by molar-refractivity contribution is -0.138. The summed E-state index contributed by atoms with van der Waals surface area (Å²) in [5, 5.41) is 0.549. The standard InChI is InChI=1S/C29H37N3O3/c1-5-24(31(19-18-20(2)3)28(33)21-12-6-7-13-21)27-30-23-15-9-8-14-22(23)29(34)32(27)25-16-10-11-17-26(25)35-4/h8-11,14-17,20-21,24H,5-7,12-13,18-19H2,1-4H3. The zero-order valence-electron chi connectivity index (χ0n) is 21.4. The Bertz CT molecular complexity index is 1230. The van der Waals surface area contributed by atoms with Crippen LogP contribution in [0.5, 0.6) is 5.75 Å². The van der Waals surface area contributed by atoms with Gasteiger partial charge in [0.15, 0.2) is 0 Å². The van der Waals surface area contributed by atoms with Crippen molar-refractivity contribution in [2.24, 2.45) is 11.8 Å². The fourth-order valence-corrected chi connectivity index (χ4v) is 5.19. The Kier molecular flexibility index (Phi) is 7.89. The number of hydrogen-bond donors (Lipinski definition) is 0. The lowest BCUT2D eigenvalue weighted by Crippen LogP contribution is -2.42. The Hall–Kier alpha value is -3.15. The van der Waals surface area contributed by atoms with Crippen molar-refractivity contribution in [3.8, 4) is 11.4 Å². The molecule has 0 radical (unpaired) electrons. The fourth-order valence-electron chi connectivity index (χ4n) is 5.19. The third kappa shape index (κ3) is 5.12. The summed E-state index contributed by atoms with van der Waals surface area (Å²) in [6.45, 7) is 7.08. The largest absolute Gasteiger partial charge is 0.495 e. The predicted octanol–water partition coefficient (Wildman–Crippen LogP) is 5.91. The number of carbonyl (C=O) groups is 1. The maximum atomic E-state index is 13.9. The molecule has 186 valence electrons. The van der Waals surface area contributed by atoms with Crippen molar-refractivity contribution in [2.75, 3.05) is 13.7 Å². The first-order chi connectivity index (χ1) is 17.0. The molecule has 1 aliphatic carbocycles. The van der Waals surface area contributed by atoms with Gasteiger partial charge in [-0.3, -0.25) is 14.2 Å². The molecule has 1 fully saturated rings. The van der Waals surface area contributed by atoms with E-state index in [9.17, 15) is 9.59 Å². The van der Waals surface area contributed by atoms with Crippen molar-refractivity contribution < 1.29 is 9.53 Å². The second kappa shape index (κ2) is 11.1. The van der Waals surface area contributed by atoms with Crippen LogP contribution in [0.15, 0.2) is 53.3 Å². The van der Waals surface area contributed by atoms with Gasteiger partial charge in [0.05, 0.1) is 29.7 Å². The molecule has 1 amide bonds. The van der Waals surface area contributed by atoms with E-state index in [0.717, 1.165) is 32.1 Å². The van der Waals surface area contributed by atoms with E-state index < -0.39 is 0 Å². The zero-order valence-corrected chi connectivity index (χ0v) is 21.4. The third-order valence-corrected chi connectivity index (χ3v) is 7.12. The second-order valence-corrected chi connectivity index (χ2v) is 9.92. The summed E-state index contributed by atoms with van der Waals surface area (Å²) in [4.78, 5) is 34.8. The van der Waals surface area contributed by atoms with Crippen LogP contribution >= 0.6 is 0 Å². The van der Waals surface area contributed by atoms with E-state index in [1.54, 1.807) is 11.7 Å². The Morgan fingerprint density at radius 1 is 1.11 bits per heavy atom. The quantitative estimate of drug-likeness (QED) is 0.386. The van der Waals surface area contributed by atoms with E-state index >= 15 is 0 Å². The van der Waals surface area contributed by atoms with Gasteiger partial charge in [-0.2, -0.15) is 0 Å². The van der Waals surface area contributed by atoms with Crippen molar-refractivity contribution in [1.82, 2.24) is 14.5 Å². The van der Waals surface area contributed by atoms with Crippen molar-refractivity contribution >= 4 is 16.8 Å². The van der Waals surface area contributed by atoms with E-state index in [4.69, 9.17) is 9.72 Å². The normalized spacial score (nSPS) is 15.0. The molecule has 0 N–H and O–H groups in total. The summed E-state index contributed by atoms with van der Waals surface area (Å²) in [7, 11) is 1.61. The van der Waals surface area contributed by atoms with Crippen LogP contribution in [0.1, 0.15) is 71.2 Å². The number of methoxy groups -OCH3 is 1. The summed E-state index contributed by atoms with van der Waals surface area (Å²) in [6, 6.07) is 14.6. The van der Waals surface area contributed by atoms with E-state index in [1.165, 1.54) is 0 Å². The Morgan fingerprint density at radius 3 is 2.49 bits per heavy atom. The Balaban J connectivity index is 1.93. The van der Waals surface area contributed by atoms with Crippen molar-refractivity contribution in [3.63, 3.8) is 0 Å². The summed E-state index contributed by atoms with van der Waals surface area (Å²) < 4.78 is 7.30. The number of ether oxygens (including phenoxy) is 1. The number of rotatable bonds is 9. The molecular weight excluding hydrogens is 438 g/mol. The highest BCUT2D eigenvalue weighted by Crippen LogP contribution is 2.34. The van der Waals surface area contributed by atoms with Crippen molar-refractivity contribution in [3.05, 3.63) is 64.7 Å². The highest BCUT2D eigenvalue weighted by molar-refractivity contribution is 5.80. The average Bonchev–Trinajstić information content (AvgIpc) is 3.41. The Labute approximate surface area is 207 Å². The molecule has 1 unspecified atom stereocenters. The van der Waals surface area contributed by atoms with Crippen LogP contribution in [0.3, 0.4) is 0 Å². The first-order valence-electron chi connectivity index (χ1n) is 12.9. The highest BCUT2D eigenvalue weighted by atomic mass is 16.5. The summed E-state index contributed by atoms with van der Waals surface area (Å²) in [5.74, 6) is 1.91. The first kappa shape index (κ1) is 25.0. The van der Waals surface area contributed by atoms with Crippen LogP contribution in [-0.4, -0.2) is 34.0 Å². The average molecular weight is 476 g/mol. The molecule has 0 aliphatic heterocycles. The molecule has 0 spiro atoms. The van der Waals surface area contributed by atoms with Crippen LogP contribution < -0.4 is 10.3 Å². The van der Waals surface area contributed by atoms with Crippen LogP contribution in [-0.2, 0) is 4.79 Å². The molecule has 1 aliphatic rings. The molecule has 6 heteroatoms. The maximum absolute atomic E-state index is 13.9. The minimum Gasteiger partial charge on any atom is -0.495 e. The molecule has 6 nitrogen and oxygen atoms in total. The first-order valence-corrected chi connectivity index (χ1v) is 12.9. The molecule has 35 heavy (non-hydrogen) atoms. The summed E-state index contributed by atoms with van der Waals surface area (Å²) in [6.07, 6.45) is 5.66. The molecule has 0 bridgehead atoms. The molecule has 1 heterocycles. The van der Waals surface area contributed by atoms with E-state index in [1.807, 2.05) is 53.4 Å². The number of carbonyl (C=O) groups excluding carboxylic acids is 1. The molecule has 2 aromatic carbocycles. The fraction of sp³-hybridized carbons (Fsp3) is 0.483. The zero-order chi connectivity index (χ0) is 24.9. The Morgan fingerprint density at radius 2 is 1.80 bits per heavy atom. The van der Waals surface area contributed by atoms with Gasteiger partial charge in [0, 0.05) is 12.5 Å². The predicted molar refractivity (Wildman–Crippen MR) is 140 cm³/mol. The third-order valence-electron chi connectivity index (χ3n) is 7.12. The van der Waals surface area contributed by atoms with Crippen molar-refractivity contribution in [2.45, 2.75) is 65.3 Å². The number of para-hydroxylation sites is 3. The monoisotopic (exact) mass is 475 g/mol. The molecule has 1 aromatic heterocycles. The number of amides is 1. The van der Waals surface area contributed by atoms with Gasteiger partial charge in [0.2, 0.25) is 5.91 Å². The van der Waals surface area contributed by atoms with Gasteiger partial charge in [-0.1, -0.05) is 57.9 Å². The molecule has 1 saturated carbocycles. The molecule has 1 atom stereocenters. The second-order valence-electron chi connectivity index (χ2n) is 9.92. The number of fused-ring (bicyclic) bond motifs is 1. The van der Waals surface area contributed by atoms with Gasteiger partial charge < -0.3 is 9.64 Å². The van der Waals surface area contributed by atoms with Gasteiger partial charge in [-0.05, 0) is 55.9 Å². The lowest BCUT2D eigenvalue weighted by Gasteiger charge is -2.34. The molecule has 4 rings (SSSR count). The van der Waals surface area contributed by atoms with Gasteiger partial charge in [-0.25, -0.2) is 4.98 Å². The smallest absolute Gasteiger partial charge is 0.266 e.